The molecule has 1 N–H and O–H groups in total. The quantitative estimate of drug-likeness (QED) is 0.898. The van der Waals surface area contributed by atoms with Crippen molar-refractivity contribution in [2.45, 2.75) is 38.5 Å². The Morgan fingerprint density at radius 1 is 1.24 bits per heavy atom. The van der Waals surface area contributed by atoms with Crippen molar-refractivity contribution in [3.63, 3.8) is 0 Å². The molecule has 0 aliphatic heterocycles. The first-order valence-corrected chi connectivity index (χ1v) is 7.50. The van der Waals surface area contributed by atoms with E-state index in [0.717, 1.165) is 5.56 Å². The van der Waals surface area contributed by atoms with Crippen LogP contribution in [0.4, 0.5) is 0 Å². The summed E-state index contributed by atoms with van der Waals surface area (Å²) in [6, 6.07) is 7.30. The summed E-state index contributed by atoms with van der Waals surface area (Å²) in [5.74, 6) is 0. The molecule has 1 aromatic rings. The summed E-state index contributed by atoms with van der Waals surface area (Å²) >= 11 is 6.02. The van der Waals surface area contributed by atoms with Gasteiger partial charge in [-0.1, -0.05) is 29.8 Å². The minimum atomic E-state index is -3.22. The number of hydrogen-bond acceptors (Lipinski definition) is 2. The number of hydrogen-bond donors (Lipinski definition) is 1. The lowest BCUT2D eigenvalue weighted by Gasteiger charge is -2.16. The van der Waals surface area contributed by atoms with Crippen LogP contribution in [0.3, 0.4) is 0 Å². The SMILES string of the molecule is CC(Cc1ccccc1Cl)NS(=O)(=O)C(C)C. The van der Waals surface area contributed by atoms with Crippen LogP contribution in [0, 0.1) is 0 Å². The molecule has 1 unspecified atom stereocenters. The normalized spacial score (nSPS) is 13.9. The Bertz CT molecular complexity index is 471. The van der Waals surface area contributed by atoms with E-state index in [4.69, 9.17) is 11.6 Å². The molecule has 0 radical (unpaired) electrons. The molecule has 0 bridgehead atoms. The van der Waals surface area contributed by atoms with Gasteiger partial charge in [-0.25, -0.2) is 13.1 Å². The largest absolute Gasteiger partial charge is 0.214 e. The number of nitrogens with one attached hydrogen (secondary N) is 1. The van der Waals surface area contributed by atoms with Crippen LogP contribution in [0.25, 0.3) is 0 Å². The molecule has 3 nitrogen and oxygen atoms in total. The fourth-order valence-corrected chi connectivity index (χ4v) is 2.58. The average Bonchev–Trinajstić information content (AvgIpc) is 2.20. The van der Waals surface area contributed by atoms with Gasteiger partial charge in [-0.15, -0.1) is 0 Å². The summed E-state index contributed by atoms with van der Waals surface area (Å²) < 4.78 is 26.0. The second-order valence-corrected chi connectivity index (χ2v) is 7.08. The van der Waals surface area contributed by atoms with Crippen LogP contribution in [0.15, 0.2) is 24.3 Å². The predicted octanol–water partition coefficient (Wildman–Crippen LogP) is 2.60. The predicted molar refractivity (Wildman–Crippen MR) is 71.8 cm³/mol. The Balaban J connectivity index is 2.69. The zero-order chi connectivity index (χ0) is 13.1. The minimum Gasteiger partial charge on any atom is -0.212 e. The summed E-state index contributed by atoms with van der Waals surface area (Å²) in [5.41, 5.74) is 0.952. The average molecular weight is 276 g/mol. The Morgan fingerprint density at radius 3 is 2.35 bits per heavy atom. The summed E-state index contributed by atoms with van der Waals surface area (Å²) in [5, 5.41) is 0.249. The van der Waals surface area contributed by atoms with Gasteiger partial charge in [-0.3, -0.25) is 0 Å². The first-order valence-electron chi connectivity index (χ1n) is 5.57. The van der Waals surface area contributed by atoms with Gasteiger partial charge < -0.3 is 0 Å². The summed E-state index contributed by atoms with van der Waals surface area (Å²) in [7, 11) is -3.22. The number of rotatable bonds is 5. The highest BCUT2D eigenvalue weighted by atomic mass is 35.5. The maximum Gasteiger partial charge on any atom is 0.214 e. The van der Waals surface area contributed by atoms with E-state index in [1.54, 1.807) is 19.9 Å². The maximum absolute atomic E-state index is 11.7. The standard InChI is InChI=1S/C12H18ClNO2S/c1-9(2)17(15,16)14-10(3)8-11-6-4-5-7-12(11)13/h4-7,9-10,14H,8H2,1-3H3. The van der Waals surface area contributed by atoms with Gasteiger partial charge in [-0.2, -0.15) is 0 Å². The Hall–Kier alpha value is -0.580. The van der Waals surface area contributed by atoms with E-state index in [9.17, 15) is 8.42 Å². The topological polar surface area (TPSA) is 46.2 Å². The van der Waals surface area contributed by atoms with Crippen molar-refractivity contribution in [2.24, 2.45) is 0 Å². The van der Waals surface area contributed by atoms with Crippen LogP contribution in [0.2, 0.25) is 5.02 Å². The molecule has 0 spiro atoms. The van der Waals surface area contributed by atoms with Crippen LogP contribution >= 0.6 is 11.6 Å². The first-order chi connectivity index (χ1) is 7.83. The molecule has 0 amide bonds. The molecule has 1 rings (SSSR count). The van der Waals surface area contributed by atoms with E-state index < -0.39 is 15.3 Å². The van der Waals surface area contributed by atoms with E-state index in [-0.39, 0.29) is 6.04 Å². The molecule has 0 heterocycles. The van der Waals surface area contributed by atoms with Crippen molar-refractivity contribution in [3.8, 4) is 0 Å². The van der Waals surface area contributed by atoms with Gasteiger partial charge in [-0.05, 0) is 38.8 Å². The third-order valence-electron chi connectivity index (χ3n) is 2.47. The molecule has 1 atom stereocenters. The molecule has 0 aromatic heterocycles. The van der Waals surface area contributed by atoms with E-state index in [1.165, 1.54) is 0 Å². The molecule has 96 valence electrons. The molecule has 0 aliphatic carbocycles. The molecule has 1 aromatic carbocycles. The van der Waals surface area contributed by atoms with E-state index in [1.807, 2.05) is 25.1 Å². The van der Waals surface area contributed by atoms with Crippen molar-refractivity contribution in [1.29, 1.82) is 0 Å². The number of benzene rings is 1. The van der Waals surface area contributed by atoms with Crippen LogP contribution in [-0.2, 0) is 16.4 Å². The zero-order valence-corrected chi connectivity index (χ0v) is 11.8. The Morgan fingerprint density at radius 2 is 1.82 bits per heavy atom. The lowest BCUT2D eigenvalue weighted by atomic mass is 10.1. The van der Waals surface area contributed by atoms with Crippen molar-refractivity contribution < 1.29 is 8.42 Å². The van der Waals surface area contributed by atoms with Crippen LogP contribution in [-0.4, -0.2) is 19.7 Å². The van der Waals surface area contributed by atoms with Gasteiger partial charge in [0.1, 0.15) is 0 Å². The van der Waals surface area contributed by atoms with Crippen LogP contribution < -0.4 is 4.72 Å². The second kappa shape index (κ2) is 5.85. The van der Waals surface area contributed by atoms with Crippen LogP contribution in [0.1, 0.15) is 26.3 Å². The van der Waals surface area contributed by atoms with Crippen LogP contribution in [0.5, 0.6) is 0 Å². The highest BCUT2D eigenvalue weighted by Gasteiger charge is 2.19. The lowest BCUT2D eigenvalue weighted by Crippen LogP contribution is -2.38. The van der Waals surface area contributed by atoms with Crippen molar-refractivity contribution in [1.82, 2.24) is 4.72 Å². The highest BCUT2D eigenvalue weighted by molar-refractivity contribution is 7.90. The van der Waals surface area contributed by atoms with Gasteiger partial charge in [0.05, 0.1) is 5.25 Å². The van der Waals surface area contributed by atoms with Gasteiger partial charge >= 0.3 is 0 Å². The second-order valence-electron chi connectivity index (χ2n) is 4.41. The van der Waals surface area contributed by atoms with E-state index in [2.05, 4.69) is 4.72 Å². The maximum atomic E-state index is 11.7. The zero-order valence-electron chi connectivity index (χ0n) is 10.3. The molecule has 5 heteroatoms. The first kappa shape index (κ1) is 14.5. The third-order valence-corrected chi connectivity index (χ3v) is 4.81. The molecule has 0 saturated carbocycles. The molecule has 0 aliphatic rings. The summed E-state index contributed by atoms with van der Waals surface area (Å²) in [4.78, 5) is 0. The van der Waals surface area contributed by atoms with Gasteiger partial charge in [0.15, 0.2) is 0 Å². The monoisotopic (exact) mass is 275 g/mol. The highest BCUT2D eigenvalue weighted by Crippen LogP contribution is 2.16. The van der Waals surface area contributed by atoms with Crippen molar-refractivity contribution in [3.05, 3.63) is 34.9 Å². The molecular weight excluding hydrogens is 258 g/mol. The molecule has 0 saturated heterocycles. The minimum absolute atomic E-state index is 0.165. The summed E-state index contributed by atoms with van der Waals surface area (Å²) in [6.45, 7) is 5.15. The summed E-state index contributed by atoms with van der Waals surface area (Å²) in [6.07, 6.45) is 0.589. The third kappa shape index (κ3) is 4.30. The van der Waals surface area contributed by atoms with Gasteiger partial charge in [0, 0.05) is 11.1 Å². The number of halogens is 1. The molecular formula is C12H18ClNO2S. The smallest absolute Gasteiger partial charge is 0.212 e. The van der Waals surface area contributed by atoms with E-state index >= 15 is 0 Å². The van der Waals surface area contributed by atoms with Crippen molar-refractivity contribution in [2.75, 3.05) is 0 Å². The Kier molecular flexibility index (Phi) is 4.98. The van der Waals surface area contributed by atoms with Crippen molar-refractivity contribution >= 4 is 21.6 Å². The van der Waals surface area contributed by atoms with Gasteiger partial charge in [0.25, 0.3) is 0 Å². The Labute approximate surface area is 108 Å². The molecule has 0 fully saturated rings. The fraction of sp³-hybridized carbons (Fsp3) is 0.500. The fourth-order valence-electron chi connectivity index (χ4n) is 1.45. The molecule has 17 heavy (non-hydrogen) atoms. The lowest BCUT2D eigenvalue weighted by molar-refractivity contribution is 0.551. The van der Waals surface area contributed by atoms with Gasteiger partial charge in [0.2, 0.25) is 10.0 Å². The number of sulfonamides is 1. The van der Waals surface area contributed by atoms with E-state index in [0.29, 0.717) is 11.4 Å².